The van der Waals surface area contributed by atoms with Crippen molar-refractivity contribution in [2.24, 2.45) is 0 Å². The Morgan fingerprint density at radius 1 is 0.522 bits per heavy atom. The topological polar surface area (TPSA) is 0 Å². The molecule has 0 amide bonds. The molecule has 0 bridgehead atoms. The third-order valence-electron chi connectivity index (χ3n) is 10.4. The summed E-state index contributed by atoms with van der Waals surface area (Å²) in [5.74, 6) is 0. The van der Waals surface area contributed by atoms with Crippen LogP contribution in [0.4, 0.5) is 0 Å². The van der Waals surface area contributed by atoms with Crippen LogP contribution in [0.3, 0.4) is 0 Å². The van der Waals surface area contributed by atoms with Gasteiger partial charge in [0.25, 0.3) is 0 Å². The van der Waals surface area contributed by atoms with Crippen LogP contribution in [-0.2, 0) is 5.41 Å². The zero-order chi connectivity index (χ0) is 30.2. The van der Waals surface area contributed by atoms with Gasteiger partial charge in [-0.3, -0.25) is 0 Å². The smallest absolute Gasteiger partial charge is 0.0688 e. The predicted molar refractivity (Wildman–Crippen MR) is 195 cm³/mol. The van der Waals surface area contributed by atoms with E-state index in [2.05, 4.69) is 158 Å². The Balaban J connectivity index is 1.28. The van der Waals surface area contributed by atoms with Gasteiger partial charge in [0, 0.05) is 15.2 Å². The summed E-state index contributed by atoms with van der Waals surface area (Å²) < 4.78 is 0. The normalized spacial score (nSPS) is 17.4. The van der Waals surface area contributed by atoms with Crippen molar-refractivity contribution in [3.63, 3.8) is 0 Å². The second kappa shape index (κ2) is 9.94. The van der Waals surface area contributed by atoms with Crippen LogP contribution in [0.2, 0.25) is 0 Å². The molecule has 1 aliphatic heterocycles. The van der Waals surface area contributed by atoms with Crippen molar-refractivity contribution in [3.05, 3.63) is 180 Å². The Kier molecular flexibility index (Phi) is 5.65. The van der Waals surface area contributed by atoms with Gasteiger partial charge in [-0.1, -0.05) is 163 Å². The van der Waals surface area contributed by atoms with Gasteiger partial charge >= 0.3 is 0 Å². The van der Waals surface area contributed by atoms with E-state index in [0.29, 0.717) is 0 Å². The SMILES string of the molecule is C1=CCCC(C2(c3ccccc3-c3ccc4c(c3)Sc3cccc5cccc-4c35)c3ccccc3-c3ccc4ccccc4c32)=C1. The van der Waals surface area contributed by atoms with Gasteiger partial charge in [-0.05, 0) is 91.2 Å². The average Bonchev–Trinajstić information content (AvgIpc) is 3.43. The number of rotatable bonds is 3. The van der Waals surface area contributed by atoms with Gasteiger partial charge < -0.3 is 0 Å². The van der Waals surface area contributed by atoms with Crippen molar-refractivity contribution in [1.82, 2.24) is 0 Å². The molecule has 46 heavy (non-hydrogen) atoms. The van der Waals surface area contributed by atoms with E-state index in [1.165, 1.54) is 87.0 Å². The molecule has 0 spiro atoms. The lowest BCUT2D eigenvalue weighted by Crippen LogP contribution is -2.31. The van der Waals surface area contributed by atoms with Crippen LogP contribution in [-0.4, -0.2) is 0 Å². The molecule has 0 saturated heterocycles. The highest BCUT2D eigenvalue weighted by Gasteiger charge is 2.49. The minimum atomic E-state index is -0.407. The summed E-state index contributed by atoms with van der Waals surface area (Å²) >= 11 is 1.91. The highest BCUT2D eigenvalue weighted by Crippen LogP contribution is 2.61. The van der Waals surface area contributed by atoms with Crippen molar-refractivity contribution < 1.29 is 0 Å². The standard InChI is InChI=1S/C45H30S/c1-2-15-32(16-3-1)45(40-22-9-7-19-35(40)38-27-24-29-12-4-5-18-34(29)44(38)45)39-21-8-6-17-33(39)31-25-26-36-37-20-10-13-30-14-11-23-41(43(30)37)46-42(36)28-31/h1-2,4-15,17-28H,3,16H2. The molecule has 7 aromatic carbocycles. The van der Waals surface area contributed by atoms with Gasteiger partial charge in [0.15, 0.2) is 0 Å². The molecule has 0 saturated carbocycles. The Hall–Kier alpha value is -5.11. The second-order valence-corrected chi connectivity index (χ2v) is 13.8. The molecular weight excluding hydrogens is 573 g/mol. The minimum Gasteiger partial charge on any atom is -0.0888 e. The van der Waals surface area contributed by atoms with Crippen LogP contribution in [0.5, 0.6) is 0 Å². The lowest BCUT2D eigenvalue weighted by molar-refractivity contribution is 0.699. The van der Waals surface area contributed by atoms with E-state index in [4.69, 9.17) is 0 Å². The third kappa shape index (κ3) is 3.52. The summed E-state index contributed by atoms with van der Waals surface area (Å²) in [6.07, 6.45) is 9.09. The van der Waals surface area contributed by atoms with E-state index in [9.17, 15) is 0 Å². The van der Waals surface area contributed by atoms with Crippen LogP contribution >= 0.6 is 11.8 Å². The molecule has 0 fully saturated rings. The second-order valence-electron chi connectivity index (χ2n) is 12.7. The van der Waals surface area contributed by atoms with Crippen molar-refractivity contribution >= 4 is 33.3 Å². The van der Waals surface area contributed by atoms with E-state index in [1.807, 2.05) is 11.8 Å². The fraction of sp³-hybridized carbons (Fsp3) is 0.0667. The van der Waals surface area contributed by atoms with Crippen LogP contribution in [0.1, 0.15) is 29.5 Å². The fourth-order valence-electron chi connectivity index (χ4n) is 8.57. The quantitative estimate of drug-likeness (QED) is 0.194. The molecule has 7 aromatic rings. The van der Waals surface area contributed by atoms with Crippen LogP contribution in [0.25, 0.3) is 54.9 Å². The van der Waals surface area contributed by atoms with Crippen LogP contribution < -0.4 is 0 Å². The monoisotopic (exact) mass is 602 g/mol. The van der Waals surface area contributed by atoms with Crippen LogP contribution in [0.15, 0.2) is 173 Å². The predicted octanol–water partition coefficient (Wildman–Crippen LogP) is 12.4. The Labute approximate surface area is 273 Å². The molecule has 1 heterocycles. The molecular formula is C45H30S. The van der Waals surface area contributed by atoms with Crippen molar-refractivity contribution in [1.29, 1.82) is 0 Å². The summed E-state index contributed by atoms with van der Waals surface area (Å²) in [7, 11) is 0. The summed E-state index contributed by atoms with van der Waals surface area (Å²) in [5.41, 5.74) is 13.2. The average molecular weight is 603 g/mol. The molecule has 1 atom stereocenters. The maximum absolute atomic E-state index is 2.45. The van der Waals surface area contributed by atoms with Gasteiger partial charge in [0.2, 0.25) is 0 Å². The van der Waals surface area contributed by atoms with Crippen molar-refractivity contribution in [3.8, 4) is 33.4 Å². The van der Waals surface area contributed by atoms with E-state index in [-0.39, 0.29) is 0 Å². The van der Waals surface area contributed by atoms with Gasteiger partial charge in [-0.2, -0.15) is 0 Å². The number of fused-ring (bicyclic) bond motifs is 7. The molecule has 0 N–H and O–H groups in total. The van der Waals surface area contributed by atoms with Crippen LogP contribution in [0, 0.1) is 0 Å². The zero-order valence-electron chi connectivity index (χ0n) is 25.3. The number of hydrogen-bond acceptors (Lipinski definition) is 1. The number of hydrogen-bond donors (Lipinski definition) is 0. The molecule has 1 unspecified atom stereocenters. The van der Waals surface area contributed by atoms with Gasteiger partial charge in [-0.25, -0.2) is 0 Å². The molecule has 0 radical (unpaired) electrons. The lowest BCUT2D eigenvalue weighted by Gasteiger charge is -2.39. The lowest BCUT2D eigenvalue weighted by atomic mass is 9.63. The molecule has 0 aromatic heterocycles. The number of benzene rings is 7. The van der Waals surface area contributed by atoms with Gasteiger partial charge in [0.05, 0.1) is 5.41 Å². The number of allylic oxidation sites excluding steroid dienone is 4. The Bertz CT molecular complexity index is 2450. The van der Waals surface area contributed by atoms with E-state index in [0.717, 1.165) is 12.8 Å². The van der Waals surface area contributed by atoms with Gasteiger partial charge in [-0.15, -0.1) is 0 Å². The molecule has 0 nitrogen and oxygen atoms in total. The van der Waals surface area contributed by atoms with Gasteiger partial charge in [0.1, 0.15) is 0 Å². The maximum atomic E-state index is 2.45. The minimum absolute atomic E-state index is 0.407. The fourth-order valence-corrected chi connectivity index (χ4v) is 9.76. The first-order chi connectivity index (χ1) is 22.8. The van der Waals surface area contributed by atoms with Crippen molar-refractivity contribution in [2.45, 2.75) is 28.0 Å². The molecule has 216 valence electrons. The van der Waals surface area contributed by atoms with E-state index < -0.39 is 5.41 Å². The summed E-state index contributed by atoms with van der Waals surface area (Å²) in [4.78, 5) is 2.66. The molecule has 2 aliphatic carbocycles. The first kappa shape index (κ1) is 26.1. The zero-order valence-corrected chi connectivity index (χ0v) is 26.2. The Morgan fingerprint density at radius 2 is 1.24 bits per heavy atom. The third-order valence-corrected chi connectivity index (χ3v) is 11.5. The summed E-state index contributed by atoms with van der Waals surface area (Å²) in [6, 6.07) is 52.6. The summed E-state index contributed by atoms with van der Waals surface area (Å²) in [6.45, 7) is 0. The first-order valence-corrected chi connectivity index (χ1v) is 17.1. The van der Waals surface area contributed by atoms with E-state index >= 15 is 0 Å². The highest BCUT2D eigenvalue weighted by atomic mass is 32.2. The first-order valence-electron chi connectivity index (χ1n) is 16.2. The molecule has 1 heteroatoms. The Morgan fingerprint density at radius 3 is 2.11 bits per heavy atom. The highest BCUT2D eigenvalue weighted by molar-refractivity contribution is 7.99. The van der Waals surface area contributed by atoms with Crippen molar-refractivity contribution in [2.75, 3.05) is 0 Å². The maximum Gasteiger partial charge on any atom is 0.0688 e. The van der Waals surface area contributed by atoms with E-state index in [1.54, 1.807) is 0 Å². The largest absolute Gasteiger partial charge is 0.0888 e. The molecule has 3 aliphatic rings. The summed E-state index contributed by atoms with van der Waals surface area (Å²) in [5, 5.41) is 5.32. The molecule has 10 rings (SSSR count).